The summed E-state index contributed by atoms with van der Waals surface area (Å²) in [6.07, 6.45) is 6.53. The zero-order valence-corrected chi connectivity index (χ0v) is 20.9. The molecule has 1 fully saturated rings. The number of piperidine rings is 1. The van der Waals surface area contributed by atoms with Crippen LogP contribution >= 0.6 is 23.2 Å². The highest BCUT2D eigenvalue weighted by atomic mass is 35.5. The van der Waals surface area contributed by atoms with Crippen molar-refractivity contribution in [2.24, 2.45) is 0 Å². The molecule has 1 unspecified atom stereocenters. The highest BCUT2D eigenvalue weighted by Crippen LogP contribution is 2.35. The third-order valence-corrected chi connectivity index (χ3v) is 8.89. The van der Waals surface area contributed by atoms with E-state index in [4.69, 9.17) is 36.0 Å². The minimum Gasteiger partial charge on any atom is -0.366 e. The van der Waals surface area contributed by atoms with Crippen molar-refractivity contribution in [3.8, 4) is 0 Å². The summed E-state index contributed by atoms with van der Waals surface area (Å²) in [7, 11) is 2.31. The smallest absolute Gasteiger partial charge is 0.244 e. The van der Waals surface area contributed by atoms with E-state index in [1.807, 2.05) is 18.2 Å². The van der Waals surface area contributed by atoms with Crippen LogP contribution < -0.4 is 10.8 Å². The minimum absolute atomic E-state index is 0.00888. The van der Waals surface area contributed by atoms with Gasteiger partial charge in [0.15, 0.2) is 5.65 Å². The molecule has 178 valence electrons. The van der Waals surface area contributed by atoms with Crippen molar-refractivity contribution in [3.63, 3.8) is 0 Å². The van der Waals surface area contributed by atoms with Crippen LogP contribution in [-0.2, 0) is 16.6 Å². The first-order valence-electron chi connectivity index (χ1n) is 11.1. The van der Waals surface area contributed by atoms with Gasteiger partial charge in [-0.25, -0.2) is 13.4 Å². The minimum atomic E-state index is -3.83. The fourth-order valence-electron chi connectivity index (χ4n) is 4.25. The number of hydrogen-bond acceptors (Lipinski definition) is 6. The molecule has 1 saturated heterocycles. The van der Waals surface area contributed by atoms with Gasteiger partial charge >= 0.3 is 0 Å². The summed E-state index contributed by atoms with van der Waals surface area (Å²) >= 11 is 12.3. The molecule has 3 aromatic heterocycles. The number of pyridine rings is 1. The maximum Gasteiger partial charge on any atom is 0.244 e. The first-order chi connectivity index (χ1) is 16.8. The van der Waals surface area contributed by atoms with Crippen molar-refractivity contribution in [1.82, 2.24) is 23.9 Å². The van der Waals surface area contributed by atoms with E-state index in [1.54, 1.807) is 35.2 Å². The Kier molecular flexibility index (Phi) is 6.72. The molecule has 0 spiro atoms. The molecule has 0 saturated carbocycles. The van der Waals surface area contributed by atoms with E-state index in [0.717, 1.165) is 17.7 Å². The molecular weight excluding hydrogens is 506 g/mol. The number of sulfonamides is 1. The van der Waals surface area contributed by atoms with Gasteiger partial charge < -0.3 is 5.32 Å². The molecule has 1 aromatic carbocycles. The fourth-order valence-corrected chi connectivity index (χ4v) is 6.51. The Balaban J connectivity index is 1.45. The fraction of sp³-hybridized carbons (Fsp3) is 0.261. The molecule has 1 atom stereocenters. The first-order valence-corrected chi connectivity index (χ1v) is 13.3. The number of aromatic nitrogens is 4. The summed E-state index contributed by atoms with van der Waals surface area (Å²) in [6, 6.07) is 10.4. The van der Waals surface area contributed by atoms with E-state index >= 15 is 0 Å². The summed E-state index contributed by atoms with van der Waals surface area (Å²) in [5.74, 6) is 0.582. The number of benzene rings is 1. The van der Waals surface area contributed by atoms with Gasteiger partial charge in [-0.05, 0) is 42.1 Å². The van der Waals surface area contributed by atoms with Gasteiger partial charge in [-0.1, -0.05) is 35.3 Å². The maximum atomic E-state index is 13.4. The average molecular weight is 527 g/mol. The van der Waals surface area contributed by atoms with Crippen LogP contribution in [0.4, 0.5) is 5.82 Å². The van der Waals surface area contributed by atoms with E-state index in [0.29, 0.717) is 36.4 Å². The lowest BCUT2D eigenvalue weighted by Crippen LogP contribution is -2.39. The van der Waals surface area contributed by atoms with Crippen LogP contribution in [0.5, 0.6) is 0 Å². The van der Waals surface area contributed by atoms with Crippen LogP contribution in [0.1, 0.15) is 30.0 Å². The summed E-state index contributed by atoms with van der Waals surface area (Å²) in [6.45, 7) is 1.19. The lowest BCUT2D eigenvalue weighted by atomic mass is 9.95. The van der Waals surface area contributed by atoms with Crippen LogP contribution in [0.25, 0.3) is 5.65 Å². The molecule has 1 aliphatic rings. The SMILES string of the molecule is [B]c1cnn2c(NCc3cccnc3)cc(C3CCCN(S(=O)(=O)c4cccc(Cl)c4Cl)C3)nc12. The van der Waals surface area contributed by atoms with E-state index in [2.05, 4.69) is 15.4 Å². The van der Waals surface area contributed by atoms with Gasteiger partial charge in [-0.3, -0.25) is 4.98 Å². The van der Waals surface area contributed by atoms with Gasteiger partial charge in [0, 0.05) is 50.2 Å². The number of anilines is 1. The lowest BCUT2D eigenvalue weighted by Gasteiger charge is -2.32. The van der Waals surface area contributed by atoms with Gasteiger partial charge in [0.25, 0.3) is 0 Å². The molecule has 4 aromatic rings. The Bertz CT molecular complexity index is 1480. The molecule has 1 aliphatic heterocycles. The molecule has 35 heavy (non-hydrogen) atoms. The zero-order chi connectivity index (χ0) is 24.6. The third kappa shape index (κ3) is 4.75. The van der Waals surface area contributed by atoms with Crippen LogP contribution in [0.15, 0.2) is 59.9 Å². The largest absolute Gasteiger partial charge is 0.366 e. The molecule has 2 radical (unpaired) electrons. The second-order valence-corrected chi connectivity index (χ2v) is 11.1. The first kappa shape index (κ1) is 24.1. The van der Waals surface area contributed by atoms with E-state index in [9.17, 15) is 8.42 Å². The third-order valence-electron chi connectivity index (χ3n) is 6.05. The monoisotopic (exact) mass is 526 g/mol. The topological polar surface area (TPSA) is 92.5 Å². The molecular formula is C23H21BCl2N6O2S. The average Bonchev–Trinajstić information content (AvgIpc) is 3.25. The van der Waals surface area contributed by atoms with Gasteiger partial charge in [0.2, 0.25) is 10.0 Å². The summed E-state index contributed by atoms with van der Waals surface area (Å²) < 4.78 is 29.9. The maximum absolute atomic E-state index is 13.4. The summed E-state index contributed by atoms with van der Waals surface area (Å²) in [5, 5.41) is 7.96. The number of hydrogen-bond donors (Lipinski definition) is 1. The van der Waals surface area contributed by atoms with Gasteiger partial charge in [-0.2, -0.15) is 13.9 Å². The number of rotatable bonds is 6. The Morgan fingerprint density at radius 1 is 1.17 bits per heavy atom. The van der Waals surface area contributed by atoms with Crippen LogP contribution in [0.3, 0.4) is 0 Å². The van der Waals surface area contributed by atoms with E-state index in [1.165, 1.54) is 10.4 Å². The number of nitrogens with zero attached hydrogens (tertiary/aromatic N) is 5. The highest BCUT2D eigenvalue weighted by molar-refractivity contribution is 7.89. The second-order valence-electron chi connectivity index (χ2n) is 8.37. The molecule has 1 N–H and O–H groups in total. The van der Waals surface area contributed by atoms with Crippen LogP contribution in [0.2, 0.25) is 10.0 Å². The normalized spacial score (nSPS) is 17.0. The quantitative estimate of drug-likeness (QED) is 0.387. The Hall–Kier alpha value is -2.66. The summed E-state index contributed by atoms with van der Waals surface area (Å²) in [5.41, 5.74) is 2.72. The van der Waals surface area contributed by atoms with Gasteiger partial charge in [-0.15, -0.1) is 0 Å². The Labute approximate surface area is 214 Å². The lowest BCUT2D eigenvalue weighted by molar-refractivity contribution is 0.313. The molecule has 0 aliphatic carbocycles. The Morgan fingerprint density at radius 3 is 2.83 bits per heavy atom. The predicted octanol–water partition coefficient (Wildman–Crippen LogP) is 3.41. The molecule has 0 bridgehead atoms. The van der Waals surface area contributed by atoms with Crippen molar-refractivity contribution in [2.45, 2.75) is 30.2 Å². The number of nitrogens with one attached hydrogen (secondary N) is 1. The standard InChI is InChI=1S/C23H21BCl2N6O2S/c24-17-13-29-32-21(28-12-15-4-2-8-27-11-15)10-19(30-23(17)32)16-5-3-9-31(14-16)35(33,34)20-7-1-6-18(25)22(20)26/h1-2,4,6-8,10-11,13,16,28H,3,5,9,12,14H2. The zero-order valence-electron chi connectivity index (χ0n) is 18.6. The number of fused-ring (bicyclic) bond motifs is 1. The molecule has 8 nitrogen and oxygen atoms in total. The number of halogens is 2. The predicted molar refractivity (Wildman–Crippen MR) is 137 cm³/mol. The second kappa shape index (κ2) is 9.77. The Morgan fingerprint density at radius 2 is 2.03 bits per heavy atom. The van der Waals surface area contributed by atoms with Crippen molar-refractivity contribution in [2.75, 3.05) is 18.4 Å². The molecule has 4 heterocycles. The van der Waals surface area contributed by atoms with Crippen LogP contribution in [-0.4, -0.2) is 53.2 Å². The van der Waals surface area contributed by atoms with Crippen molar-refractivity contribution >= 4 is 58.0 Å². The molecule has 12 heteroatoms. The molecule has 0 amide bonds. The molecule has 5 rings (SSSR count). The van der Waals surface area contributed by atoms with Crippen molar-refractivity contribution in [3.05, 3.63) is 76.3 Å². The highest BCUT2D eigenvalue weighted by Gasteiger charge is 2.33. The van der Waals surface area contributed by atoms with E-state index < -0.39 is 10.0 Å². The van der Waals surface area contributed by atoms with Crippen molar-refractivity contribution < 1.29 is 8.42 Å². The summed E-state index contributed by atoms with van der Waals surface area (Å²) in [4.78, 5) is 8.91. The van der Waals surface area contributed by atoms with Crippen LogP contribution in [0, 0.1) is 0 Å². The van der Waals surface area contributed by atoms with E-state index in [-0.39, 0.29) is 27.4 Å². The van der Waals surface area contributed by atoms with Crippen molar-refractivity contribution in [1.29, 1.82) is 0 Å². The van der Waals surface area contributed by atoms with Gasteiger partial charge in [0.05, 0.1) is 15.7 Å². The van der Waals surface area contributed by atoms with Gasteiger partial charge in [0.1, 0.15) is 18.6 Å².